The highest BCUT2D eigenvalue weighted by atomic mass is 19.4. The molecular formula is C15H14F3N3O5. The van der Waals surface area contributed by atoms with Crippen LogP contribution in [0.3, 0.4) is 0 Å². The van der Waals surface area contributed by atoms with E-state index in [0.29, 0.717) is 0 Å². The van der Waals surface area contributed by atoms with E-state index in [0.717, 1.165) is 4.68 Å². The fourth-order valence-electron chi connectivity index (χ4n) is 1.83. The van der Waals surface area contributed by atoms with Crippen LogP contribution in [0.25, 0.3) is 0 Å². The van der Waals surface area contributed by atoms with E-state index < -0.39 is 31.3 Å². The van der Waals surface area contributed by atoms with Crippen molar-refractivity contribution >= 4 is 17.7 Å². The Labute approximate surface area is 145 Å². The van der Waals surface area contributed by atoms with Gasteiger partial charge in [0.1, 0.15) is 6.54 Å². The predicted molar refractivity (Wildman–Crippen MR) is 82.0 cm³/mol. The fraction of sp³-hybridized carbons (Fsp3) is 0.267. The van der Waals surface area contributed by atoms with Gasteiger partial charge in [0.2, 0.25) is 0 Å². The number of hydrogen-bond donors (Lipinski definition) is 2. The van der Waals surface area contributed by atoms with Gasteiger partial charge in [-0.05, 0) is 12.1 Å². The summed E-state index contributed by atoms with van der Waals surface area (Å²) in [4.78, 5) is 22.4. The van der Waals surface area contributed by atoms with Crippen molar-refractivity contribution in [3.63, 3.8) is 0 Å². The molecule has 26 heavy (non-hydrogen) atoms. The van der Waals surface area contributed by atoms with Crippen molar-refractivity contribution in [1.29, 1.82) is 0 Å². The van der Waals surface area contributed by atoms with E-state index in [2.05, 4.69) is 15.2 Å². The maximum Gasteiger partial charge on any atom is 0.422 e. The van der Waals surface area contributed by atoms with Gasteiger partial charge in [0, 0.05) is 12.3 Å². The molecule has 0 aliphatic rings. The standard InChI is InChI=1S/C15H14F3N3O5/c16-15(17,18)9-26-11-4-2-1-3-10(11)25-8-13(22)19-12-5-6-21(20-12)7-14(23)24/h1-6H,7-9H2,(H,23,24)(H,19,20,22). The number of amides is 1. The monoisotopic (exact) mass is 373 g/mol. The molecule has 0 radical (unpaired) electrons. The van der Waals surface area contributed by atoms with Crippen molar-refractivity contribution in [1.82, 2.24) is 9.78 Å². The summed E-state index contributed by atoms with van der Waals surface area (Å²) in [6.45, 7) is -2.35. The van der Waals surface area contributed by atoms with E-state index >= 15 is 0 Å². The van der Waals surface area contributed by atoms with Crippen LogP contribution >= 0.6 is 0 Å². The maximum atomic E-state index is 12.2. The number of alkyl halides is 3. The summed E-state index contributed by atoms with van der Waals surface area (Å²) in [6, 6.07) is 7.02. The first-order valence-electron chi connectivity index (χ1n) is 7.19. The minimum Gasteiger partial charge on any atom is -0.480 e. The number of anilines is 1. The van der Waals surface area contributed by atoms with Gasteiger partial charge in [0.25, 0.3) is 5.91 Å². The zero-order chi connectivity index (χ0) is 19.2. The van der Waals surface area contributed by atoms with Gasteiger partial charge in [-0.2, -0.15) is 18.3 Å². The summed E-state index contributed by atoms with van der Waals surface area (Å²) in [5.74, 6) is -1.78. The summed E-state index contributed by atoms with van der Waals surface area (Å²) >= 11 is 0. The number of aliphatic carboxylic acids is 1. The minimum absolute atomic E-state index is 0.0247. The number of nitrogens with one attached hydrogen (secondary N) is 1. The number of rotatable bonds is 8. The van der Waals surface area contributed by atoms with Gasteiger partial charge < -0.3 is 19.9 Å². The lowest BCUT2D eigenvalue weighted by Crippen LogP contribution is -2.22. The molecule has 0 aliphatic carbocycles. The number of carbonyl (C=O) groups excluding carboxylic acids is 1. The molecule has 1 aromatic heterocycles. The molecular weight excluding hydrogens is 359 g/mol. The number of carbonyl (C=O) groups is 2. The van der Waals surface area contributed by atoms with Crippen LogP contribution in [0.2, 0.25) is 0 Å². The Bertz CT molecular complexity index is 776. The van der Waals surface area contributed by atoms with Crippen LogP contribution in [-0.4, -0.2) is 46.2 Å². The van der Waals surface area contributed by atoms with Crippen LogP contribution in [0.4, 0.5) is 19.0 Å². The normalized spacial score (nSPS) is 11.0. The summed E-state index contributed by atoms with van der Waals surface area (Å²) in [5, 5.41) is 14.8. The van der Waals surface area contributed by atoms with Crippen molar-refractivity contribution in [3.05, 3.63) is 36.5 Å². The largest absolute Gasteiger partial charge is 0.480 e. The molecule has 0 saturated heterocycles. The highest BCUT2D eigenvalue weighted by molar-refractivity contribution is 5.90. The second-order valence-corrected chi connectivity index (χ2v) is 4.98. The average Bonchev–Trinajstić information content (AvgIpc) is 2.97. The Kier molecular flexibility index (Phi) is 6.04. The summed E-state index contributed by atoms with van der Waals surface area (Å²) in [6.07, 6.45) is -3.13. The lowest BCUT2D eigenvalue weighted by atomic mass is 10.3. The molecule has 2 N–H and O–H groups in total. The van der Waals surface area contributed by atoms with Crippen LogP contribution in [0, 0.1) is 0 Å². The minimum atomic E-state index is -4.50. The molecule has 1 aromatic carbocycles. The van der Waals surface area contributed by atoms with Crippen molar-refractivity contribution in [2.75, 3.05) is 18.5 Å². The zero-order valence-corrected chi connectivity index (χ0v) is 13.2. The number of hydrogen-bond acceptors (Lipinski definition) is 5. The van der Waals surface area contributed by atoms with Crippen LogP contribution in [0.15, 0.2) is 36.5 Å². The number of aromatic nitrogens is 2. The topological polar surface area (TPSA) is 103 Å². The lowest BCUT2D eigenvalue weighted by molar-refractivity contribution is -0.153. The Balaban J connectivity index is 1.89. The number of ether oxygens (including phenoxy) is 2. The molecule has 1 amide bonds. The molecule has 0 saturated carbocycles. The van der Waals surface area contributed by atoms with E-state index in [4.69, 9.17) is 9.84 Å². The summed E-state index contributed by atoms with van der Waals surface area (Å²) < 4.78 is 47.6. The van der Waals surface area contributed by atoms with Crippen LogP contribution in [0.1, 0.15) is 0 Å². The second kappa shape index (κ2) is 8.23. The quantitative estimate of drug-likeness (QED) is 0.733. The summed E-state index contributed by atoms with van der Waals surface area (Å²) in [5.41, 5.74) is 0. The number of halogens is 3. The first-order chi connectivity index (χ1) is 12.2. The Morgan fingerprint density at radius 2 is 1.81 bits per heavy atom. The zero-order valence-electron chi connectivity index (χ0n) is 13.2. The summed E-state index contributed by atoms with van der Waals surface area (Å²) in [7, 11) is 0. The lowest BCUT2D eigenvalue weighted by Gasteiger charge is -2.13. The van der Waals surface area contributed by atoms with E-state index in [1.54, 1.807) is 0 Å². The maximum absolute atomic E-state index is 12.2. The van der Waals surface area contributed by atoms with Crippen LogP contribution < -0.4 is 14.8 Å². The van der Waals surface area contributed by atoms with Crippen LogP contribution in [-0.2, 0) is 16.1 Å². The molecule has 0 fully saturated rings. The molecule has 2 rings (SSSR count). The Morgan fingerprint density at radius 3 is 2.42 bits per heavy atom. The molecule has 2 aromatic rings. The number of nitrogens with zero attached hydrogens (tertiary/aromatic N) is 2. The van der Waals surface area contributed by atoms with Crippen molar-refractivity contribution in [2.24, 2.45) is 0 Å². The molecule has 1 heterocycles. The molecule has 0 unspecified atom stereocenters. The predicted octanol–water partition coefficient (Wildman–Crippen LogP) is 1.93. The third-order valence-corrected chi connectivity index (χ3v) is 2.80. The van der Waals surface area contributed by atoms with Gasteiger partial charge in [0.05, 0.1) is 0 Å². The van der Waals surface area contributed by atoms with E-state index in [9.17, 15) is 22.8 Å². The Morgan fingerprint density at radius 1 is 1.15 bits per heavy atom. The van der Waals surface area contributed by atoms with Gasteiger partial charge in [-0.25, -0.2) is 0 Å². The van der Waals surface area contributed by atoms with E-state index in [-0.39, 0.29) is 23.9 Å². The number of carboxylic acid groups (broad SMARTS) is 1. The molecule has 0 atom stereocenters. The third-order valence-electron chi connectivity index (χ3n) is 2.80. The number of para-hydroxylation sites is 2. The van der Waals surface area contributed by atoms with Gasteiger partial charge in [-0.15, -0.1) is 0 Å². The van der Waals surface area contributed by atoms with Gasteiger partial charge >= 0.3 is 12.1 Å². The molecule has 140 valence electrons. The third kappa shape index (κ3) is 6.34. The first kappa shape index (κ1) is 19.1. The van der Waals surface area contributed by atoms with Crippen molar-refractivity contribution < 1.29 is 37.3 Å². The molecule has 0 bridgehead atoms. The highest BCUT2D eigenvalue weighted by Crippen LogP contribution is 2.28. The Hall–Kier alpha value is -3.24. The van der Waals surface area contributed by atoms with E-state index in [1.165, 1.54) is 36.5 Å². The fourth-order valence-corrected chi connectivity index (χ4v) is 1.83. The number of carboxylic acids is 1. The smallest absolute Gasteiger partial charge is 0.422 e. The molecule has 8 nitrogen and oxygen atoms in total. The molecule has 0 spiro atoms. The second-order valence-electron chi connectivity index (χ2n) is 4.98. The SMILES string of the molecule is O=C(O)Cn1ccc(NC(=O)COc2ccccc2OCC(F)(F)F)n1. The highest BCUT2D eigenvalue weighted by Gasteiger charge is 2.29. The number of benzene rings is 1. The molecule has 0 aliphatic heterocycles. The first-order valence-corrected chi connectivity index (χ1v) is 7.19. The van der Waals surface area contributed by atoms with Crippen LogP contribution in [0.5, 0.6) is 11.5 Å². The van der Waals surface area contributed by atoms with Crippen molar-refractivity contribution in [3.8, 4) is 11.5 Å². The van der Waals surface area contributed by atoms with Crippen molar-refractivity contribution in [2.45, 2.75) is 12.7 Å². The van der Waals surface area contributed by atoms with Gasteiger partial charge in [-0.1, -0.05) is 12.1 Å². The van der Waals surface area contributed by atoms with Gasteiger partial charge in [0.15, 0.2) is 30.5 Å². The van der Waals surface area contributed by atoms with Gasteiger partial charge in [-0.3, -0.25) is 14.3 Å². The average molecular weight is 373 g/mol. The molecule has 11 heteroatoms. The van der Waals surface area contributed by atoms with E-state index in [1.807, 2.05) is 0 Å².